The molecule has 1 unspecified atom stereocenters. The normalized spacial score (nSPS) is 11.8. The molecule has 0 amide bonds. The zero-order valence-corrected chi connectivity index (χ0v) is 50.4. The fraction of sp³-hybridized carbons (Fsp3) is 0.431. The second-order valence-corrected chi connectivity index (χ2v) is 19.4. The molecule has 0 N–H and O–H groups in total. The van der Waals surface area contributed by atoms with Crippen LogP contribution in [-0.2, 0) is 12.8 Å². The molecule has 9 heterocycles. The van der Waals surface area contributed by atoms with E-state index in [1.807, 2.05) is 147 Å². The number of benzene rings is 1. The van der Waals surface area contributed by atoms with Crippen LogP contribution in [-0.4, -0.2) is 43.9 Å². The molecule has 404 valence electrons. The average Bonchev–Trinajstić information content (AvgIpc) is 4.23. The number of nitrogens with zero attached hydrogens (tertiary/aromatic N) is 9. The molecular weight excluding hydrogens is 939 g/mol. The highest BCUT2D eigenvalue weighted by Crippen LogP contribution is 2.32. The molecular formula is C65H93N9S. The number of hydrogen-bond acceptors (Lipinski definition) is 8. The first-order valence-electron chi connectivity index (χ1n) is 28.0. The quantitative estimate of drug-likeness (QED) is 0.169. The van der Waals surface area contributed by atoms with Crippen LogP contribution < -0.4 is 0 Å². The molecule has 9 aromatic heterocycles. The number of fused-ring (bicyclic) bond motifs is 4. The van der Waals surface area contributed by atoms with Crippen molar-refractivity contribution in [2.45, 2.75) is 175 Å². The molecule has 0 radical (unpaired) electrons. The van der Waals surface area contributed by atoms with Crippen molar-refractivity contribution in [3.63, 3.8) is 0 Å². The van der Waals surface area contributed by atoms with Gasteiger partial charge in [0.25, 0.3) is 0 Å². The van der Waals surface area contributed by atoms with Crippen LogP contribution in [0.2, 0.25) is 0 Å². The van der Waals surface area contributed by atoms with Crippen molar-refractivity contribution in [1.82, 2.24) is 43.9 Å². The maximum absolute atomic E-state index is 4.52. The molecule has 1 aromatic carbocycles. The Hall–Kier alpha value is -6.39. The van der Waals surface area contributed by atoms with Crippen molar-refractivity contribution in [3.8, 4) is 0 Å². The lowest BCUT2D eigenvalue weighted by atomic mass is 9.81. The third-order valence-corrected chi connectivity index (χ3v) is 13.2. The van der Waals surface area contributed by atoms with Crippen LogP contribution in [0.5, 0.6) is 0 Å². The summed E-state index contributed by atoms with van der Waals surface area (Å²) >= 11 is 1.87. The zero-order chi connectivity index (χ0) is 56.0. The minimum absolute atomic E-state index is 0.419. The highest BCUT2D eigenvalue weighted by Gasteiger charge is 2.24. The number of rotatable bonds is 5. The Balaban J connectivity index is 0.000000308. The molecule has 10 aromatic rings. The van der Waals surface area contributed by atoms with E-state index in [-0.39, 0.29) is 0 Å². The Labute approximate surface area is 456 Å². The minimum Gasteiger partial charge on any atom is -0.306 e. The van der Waals surface area contributed by atoms with Crippen LogP contribution in [0.4, 0.5) is 0 Å². The van der Waals surface area contributed by atoms with Crippen LogP contribution in [0.15, 0.2) is 141 Å². The molecule has 9 nitrogen and oxygen atoms in total. The van der Waals surface area contributed by atoms with E-state index in [0.29, 0.717) is 23.7 Å². The van der Waals surface area contributed by atoms with E-state index in [4.69, 9.17) is 0 Å². The number of thiophene rings is 1. The van der Waals surface area contributed by atoms with Gasteiger partial charge >= 0.3 is 0 Å². The lowest BCUT2D eigenvalue weighted by Crippen LogP contribution is -2.19. The summed E-state index contributed by atoms with van der Waals surface area (Å²) < 4.78 is 5.51. The summed E-state index contributed by atoms with van der Waals surface area (Å²) in [5.74, 6) is 4.60. The molecule has 1 aliphatic rings. The van der Waals surface area contributed by atoms with E-state index in [1.54, 1.807) is 12.4 Å². The maximum atomic E-state index is 4.52. The third kappa shape index (κ3) is 18.7. The predicted octanol–water partition coefficient (Wildman–Crippen LogP) is 19.2. The maximum Gasteiger partial charge on any atom is 0.160 e. The van der Waals surface area contributed by atoms with Gasteiger partial charge in [0.05, 0.1) is 34.9 Å². The Morgan fingerprint density at radius 3 is 1.85 bits per heavy atom. The first-order valence-corrected chi connectivity index (χ1v) is 28.8. The summed E-state index contributed by atoms with van der Waals surface area (Å²) in [5, 5.41) is 13.2. The van der Waals surface area contributed by atoms with Gasteiger partial charge in [-0.25, -0.2) is 4.98 Å². The summed E-state index contributed by atoms with van der Waals surface area (Å²) in [4.78, 5) is 22.8. The molecule has 1 atom stereocenters. The summed E-state index contributed by atoms with van der Waals surface area (Å²) in [6.45, 7) is 42.0. The molecule has 1 aliphatic carbocycles. The molecule has 0 fully saturated rings. The van der Waals surface area contributed by atoms with Gasteiger partial charge in [0.1, 0.15) is 5.82 Å². The number of hydrogen-bond donors (Lipinski definition) is 0. The molecule has 11 rings (SSSR count). The number of imidazole rings is 1. The molecule has 0 bridgehead atoms. The second-order valence-electron chi connectivity index (χ2n) is 18.3. The first-order chi connectivity index (χ1) is 36.4. The van der Waals surface area contributed by atoms with Crippen molar-refractivity contribution in [1.29, 1.82) is 0 Å². The van der Waals surface area contributed by atoms with E-state index >= 15 is 0 Å². The van der Waals surface area contributed by atoms with Gasteiger partial charge in [-0.3, -0.25) is 24.3 Å². The van der Waals surface area contributed by atoms with Crippen LogP contribution in [0.1, 0.15) is 195 Å². The van der Waals surface area contributed by atoms with Crippen molar-refractivity contribution in [3.05, 3.63) is 174 Å². The number of aromatic nitrogens is 9. The third-order valence-electron chi connectivity index (χ3n) is 11.8. The van der Waals surface area contributed by atoms with Crippen molar-refractivity contribution in [2.75, 3.05) is 0 Å². The average molecular weight is 1030 g/mol. The fourth-order valence-corrected chi connectivity index (χ4v) is 8.97. The van der Waals surface area contributed by atoms with E-state index in [0.717, 1.165) is 35.2 Å². The van der Waals surface area contributed by atoms with Gasteiger partial charge < -0.3 is 4.40 Å². The molecule has 0 aliphatic heterocycles. The first kappa shape index (κ1) is 64.7. The lowest BCUT2D eigenvalue weighted by Gasteiger charge is -2.24. The monoisotopic (exact) mass is 1030 g/mol. The Bertz CT molecular complexity index is 3030. The smallest absolute Gasteiger partial charge is 0.160 e. The van der Waals surface area contributed by atoms with Gasteiger partial charge in [-0.2, -0.15) is 0 Å². The predicted molar refractivity (Wildman–Crippen MR) is 328 cm³/mol. The van der Waals surface area contributed by atoms with E-state index < -0.39 is 0 Å². The summed E-state index contributed by atoms with van der Waals surface area (Å²) in [6.07, 6.45) is 19.6. The van der Waals surface area contributed by atoms with Crippen molar-refractivity contribution >= 4 is 54.3 Å². The highest BCUT2D eigenvalue weighted by atomic mass is 32.1. The van der Waals surface area contributed by atoms with Gasteiger partial charge in [0.2, 0.25) is 0 Å². The standard InChI is InChI=1S/C13H16N2.C12H13N.C11H12N2.C10H11NS.C9H11N3.5C2H6/c1-9(2)11-6-10-4-3-5-15-8-14-12(7-11)13(10)15;1-9(2)12-11-6-4-3-5-10(11)7-8-13-12;1-8(2)10-5-9-3-4-12-7-11(9)13-6-10;1-7(2)10-5-8-6-11-4-3-9(8)12-10;1-7(2)9-11-10-8-5-3-4-6-12(8)9;5*1-2/h3-5,8-9,11H,6-7H2,1-2H3;3-9H,1-2H3;3-8H,1-2H3;2*3-7H,1-2H3;5*1-2H3. The summed E-state index contributed by atoms with van der Waals surface area (Å²) in [6, 6.07) is 29.2. The highest BCUT2D eigenvalue weighted by molar-refractivity contribution is 7.19. The van der Waals surface area contributed by atoms with Crippen molar-refractivity contribution in [2.24, 2.45) is 11.8 Å². The Morgan fingerprint density at radius 1 is 0.533 bits per heavy atom. The van der Waals surface area contributed by atoms with Gasteiger partial charge in [0, 0.05) is 75.0 Å². The van der Waals surface area contributed by atoms with Crippen LogP contribution in [0.3, 0.4) is 0 Å². The summed E-state index contributed by atoms with van der Waals surface area (Å²) in [5.41, 5.74) is 8.46. The lowest BCUT2D eigenvalue weighted by molar-refractivity contribution is 0.373. The SMILES string of the molecule is CC.CC.CC.CC.CC.CC(C)C1Cc2cccn3cnc(c23)C1.CC(C)c1cc2cnccc2s1.CC(C)c1cnc2cnccc2c1.CC(C)c1nccc2ccccc12.CC(C)c1nnc2ccccn12. The van der Waals surface area contributed by atoms with Crippen molar-refractivity contribution < 1.29 is 0 Å². The van der Waals surface area contributed by atoms with Crippen LogP contribution in [0, 0.1) is 11.8 Å². The molecule has 0 spiro atoms. The molecule has 10 heteroatoms. The Morgan fingerprint density at radius 2 is 1.20 bits per heavy atom. The number of pyridine rings is 6. The largest absolute Gasteiger partial charge is 0.306 e. The van der Waals surface area contributed by atoms with E-state index in [2.05, 4.69) is 176 Å². The van der Waals surface area contributed by atoms with Crippen LogP contribution in [0.25, 0.3) is 42.9 Å². The molecule has 75 heavy (non-hydrogen) atoms. The van der Waals surface area contributed by atoms with Gasteiger partial charge in [-0.05, 0) is 107 Å². The summed E-state index contributed by atoms with van der Waals surface area (Å²) in [7, 11) is 0. The second kappa shape index (κ2) is 35.0. The van der Waals surface area contributed by atoms with E-state index in [1.165, 1.54) is 65.6 Å². The fourth-order valence-electron chi connectivity index (χ4n) is 7.93. The topological polar surface area (TPSA) is 99.0 Å². The molecule has 0 saturated heterocycles. The minimum atomic E-state index is 0.419. The van der Waals surface area contributed by atoms with Crippen LogP contribution >= 0.6 is 11.3 Å². The Kier molecular flexibility index (Phi) is 30.2. The van der Waals surface area contributed by atoms with Gasteiger partial charge in [-0.15, -0.1) is 21.5 Å². The van der Waals surface area contributed by atoms with Gasteiger partial charge in [0.15, 0.2) is 5.65 Å². The van der Waals surface area contributed by atoms with E-state index in [9.17, 15) is 0 Å². The molecule has 0 saturated carbocycles. The van der Waals surface area contributed by atoms with Gasteiger partial charge in [-0.1, -0.05) is 175 Å². The zero-order valence-electron chi connectivity index (χ0n) is 49.6.